The van der Waals surface area contributed by atoms with Crippen molar-refractivity contribution in [1.82, 2.24) is 9.59 Å². The zero-order valence-corrected chi connectivity index (χ0v) is 13.2. The minimum Gasteiger partial charge on any atom is -0.480 e. The molecule has 0 aliphatic rings. The third-order valence-corrected chi connectivity index (χ3v) is 3.79. The van der Waals surface area contributed by atoms with E-state index in [0.29, 0.717) is 12.2 Å². The lowest BCUT2D eigenvalue weighted by atomic mass is 10.3. The van der Waals surface area contributed by atoms with E-state index in [-0.39, 0.29) is 22.5 Å². The molecule has 2 rings (SSSR count). The first-order valence-corrected chi connectivity index (χ1v) is 7.41. The largest absolute Gasteiger partial charge is 0.480 e. The number of nitro groups is 1. The van der Waals surface area contributed by atoms with Gasteiger partial charge in [0.1, 0.15) is 23.1 Å². The van der Waals surface area contributed by atoms with Gasteiger partial charge < -0.3 is 10.1 Å². The molecule has 0 saturated carbocycles. The van der Waals surface area contributed by atoms with Crippen LogP contribution in [0.25, 0.3) is 0 Å². The molecule has 0 unspecified atom stereocenters. The van der Waals surface area contributed by atoms with E-state index in [9.17, 15) is 14.5 Å². The molecular formula is C11H10BrFN4O3S. The fraction of sp³-hybridized carbons (Fsp3) is 0.273. The van der Waals surface area contributed by atoms with Crippen LogP contribution in [0.3, 0.4) is 0 Å². The van der Waals surface area contributed by atoms with Gasteiger partial charge in [-0.1, -0.05) is 4.49 Å². The Balaban J connectivity index is 2.21. The Morgan fingerprint density at radius 3 is 3.00 bits per heavy atom. The van der Waals surface area contributed by atoms with E-state index in [1.807, 2.05) is 6.92 Å². The summed E-state index contributed by atoms with van der Waals surface area (Å²) in [6.07, 6.45) is 0. The highest BCUT2D eigenvalue weighted by Gasteiger charge is 2.20. The van der Waals surface area contributed by atoms with Crippen LogP contribution >= 0.6 is 27.5 Å². The number of halogens is 2. The Bertz CT molecular complexity index is 667. The second-order valence-corrected chi connectivity index (χ2v) is 5.47. The van der Waals surface area contributed by atoms with Gasteiger partial charge in [0.2, 0.25) is 5.75 Å². The van der Waals surface area contributed by atoms with Crippen LogP contribution in [0.15, 0.2) is 16.6 Å². The van der Waals surface area contributed by atoms with Crippen molar-refractivity contribution in [3.05, 3.63) is 38.2 Å². The van der Waals surface area contributed by atoms with E-state index >= 15 is 0 Å². The average molecular weight is 377 g/mol. The first-order valence-electron chi connectivity index (χ1n) is 5.84. The number of nitrogens with zero attached hydrogens (tertiary/aromatic N) is 3. The second-order valence-electron chi connectivity index (χ2n) is 3.86. The summed E-state index contributed by atoms with van der Waals surface area (Å²) in [7, 11) is 0. The quantitative estimate of drug-likeness (QED) is 0.613. The van der Waals surface area contributed by atoms with E-state index in [0.717, 1.165) is 28.7 Å². The lowest BCUT2D eigenvalue weighted by molar-refractivity contribution is -0.386. The number of aromatic nitrogens is 2. The zero-order valence-electron chi connectivity index (χ0n) is 10.8. The van der Waals surface area contributed by atoms with Gasteiger partial charge in [-0.15, -0.1) is 5.10 Å². The summed E-state index contributed by atoms with van der Waals surface area (Å²) in [6, 6.07) is 2.03. The Labute approximate surface area is 131 Å². The molecule has 0 fully saturated rings. The Morgan fingerprint density at radius 1 is 1.57 bits per heavy atom. The second kappa shape index (κ2) is 6.76. The van der Waals surface area contributed by atoms with Gasteiger partial charge in [-0.25, -0.2) is 4.39 Å². The predicted molar refractivity (Wildman–Crippen MR) is 79.2 cm³/mol. The van der Waals surface area contributed by atoms with Gasteiger partial charge in [0, 0.05) is 30.2 Å². The maximum atomic E-state index is 13.5. The summed E-state index contributed by atoms with van der Waals surface area (Å²) in [5.41, 5.74) is 0.191. The van der Waals surface area contributed by atoms with Gasteiger partial charge in [0.15, 0.2) is 0 Å². The highest BCUT2D eigenvalue weighted by Crippen LogP contribution is 2.33. The lowest BCUT2D eigenvalue weighted by Crippen LogP contribution is -2.04. The van der Waals surface area contributed by atoms with Crippen LogP contribution in [0.1, 0.15) is 12.6 Å². The highest BCUT2D eigenvalue weighted by atomic mass is 79.9. The monoisotopic (exact) mass is 376 g/mol. The topological polar surface area (TPSA) is 90.2 Å². The third kappa shape index (κ3) is 3.64. The molecule has 0 aliphatic heterocycles. The normalized spacial score (nSPS) is 10.4. The van der Waals surface area contributed by atoms with Crippen molar-refractivity contribution in [2.45, 2.75) is 13.5 Å². The van der Waals surface area contributed by atoms with Crippen LogP contribution in [0.2, 0.25) is 0 Å². The molecule has 21 heavy (non-hydrogen) atoms. The Morgan fingerprint density at radius 2 is 2.33 bits per heavy atom. The molecule has 0 saturated heterocycles. The molecule has 0 bridgehead atoms. The predicted octanol–water partition coefficient (Wildman–Crippen LogP) is 3.36. The van der Waals surface area contributed by atoms with Gasteiger partial charge in [0.25, 0.3) is 0 Å². The number of anilines is 1. The molecule has 1 aromatic heterocycles. The molecule has 1 N–H and O–H groups in total. The van der Waals surface area contributed by atoms with E-state index in [1.54, 1.807) is 0 Å². The number of benzene rings is 1. The molecule has 0 atom stereocenters. The molecular weight excluding hydrogens is 367 g/mol. The Kier molecular flexibility index (Phi) is 5.02. The van der Waals surface area contributed by atoms with Gasteiger partial charge in [-0.05, 0) is 22.9 Å². The molecule has 1 heterocycles. The molecule has 112 valence electrons. The average Bonchev–Trinajstić information content (AvgIpc) is 2.87. The number of nitro benzene ring substituents is 1. The van der Waals surface area contributed by atoms with Crippen LogP contribution in [-0.4, -0.2) is 21.1 Å². The van der Waals surface area contributed by atoms with Crippen molar-refractivity contribution in [3.63, 3.8) is 0 Å². The summed E-state index contributed by atoms with van der Waals surface area (Å²) in [6.45, 7) is 2.56. The fourth-order valence-electron chi connectivity index (χ4n) is 1.52. The Hall–Kier alpha value is -1.81. The van der Waals surface area contributed by atoms with Crippen molar-refractivity contribution in [2.24, 2.45) is 0 Å². The number of nitrogens with one attached hydrogen (secondary N) is 1. The molecule has 0 spiro atoms. The van der Waals surface area contributed by atoms with E-state index in [4.69, 9.17) is 4.74 Å². The molecule has 10 heteroatoms. The van der Waals surface area contributed by atoms with Crippen molar-refractivity contribution in [3.8, 4) is 5.75 Å². The van der Waals surface area contributed by atoms with Crippen LogP contribution in [-0.2, 0) is 6.61 Å². The number of ether oxygens (including phenoxy) is 1. The lowest BCUT2D eigenvalue weighted by Gasteiger charge is -2.07. The van der Waals surface area contributed by atoms with Gasteiger partial charge in [-0.3, -0.25) is 10.1 Å². The molecule has 2 aromatic rings. The molecule has 1 aromatic carbocycles. The fourth-order valence-corrected chi connectivity index (χ4v) is 2.49. The van der Waals surface area contributed by atoms with Gasteiger partial charge in [-0.2, -0.15) is 0 Å². The summed E-state index contributed by atoms with van der Waals surface area (Å²) in [4.78, 5) is 10.3. The molecule has 0 radical (unpaired) electrons. The number of hydrogen-bond donors (Lipinski definition) is 1. The standard InChI is InChI=1S/C11H10BrFN4O3S/c1-2-14-11-8(15-16-21-11)5-20-10-4-7(13)6(12)3-9(10)17(18)19/h3-4,14H,2,5H2,1H3. The third-order valence-electron chi connectivity index (χ3n) is 2.46. The SMILES string of the molecule is CCNc1snnc1COc1cc(F)c(Br)cc1[N+](=O)[O-]. The van der Waals surface area contributed by atoms with E-state index in [1.165, 1.54) is 0 Å². The van der Waals surface area contributed by atoms with Crippen molar-refractivity contribution in [2.75, 3.05) is 11.9 Å². The first kappa shape index (κ1) is 15.6. The zero-order chi connectivity index (χ0) is 15.4. The van der Waals surface area contributed by atoms with Crippen molar-refractivity contribution in [1.29, 1.82) is 0 Å². The van der Waals surface area contributed by atoms with E-state index in [2.05, 4.69) is 30.8 Å². The summed E-state index contributed by atoms with van der Waals surface area (Å²) in [5, 5.41) is 18.6. The highest BCUT2D eigenvalue weighted by molar-refractivity contribution is 9.10. The van der Waals surface area contributed by atoms with Crippen LogP contribution < -0.4 is 10.1 Å². The van der Waals surface area contributed by atoms with Crippen molar-refractivity contribution >= 4 is 38.2 Å². The van der Waals surface area contributed by atoms with E-state index < -0.39 is 10.7 Å². The van der Waals surface area contributed by atoms with Crippen LogP contribution in [0.5, 0.6) is 5.75 Å². The number of hydrogen-bond acceptors (Lipinski definition) is 7. The maximum Gasteiger partial charge on any atom is 0.312 e. The van der Waals surface area contributed by atoms with Gasteiger partial charge >= 0.3 is 5.69 Å². The molecule has 0 aliphatic carbocycles. The van der Waals surface area contributed by atoms with Crippen LogP contribution in [0, 0.1) is 15.9 Å². The summed E-state index contributed by atoms with van der Waals surface area (Å²) in [5.74, 6) is -0.796. The number of rotatable bonds is 6. The minimum atomic E-state index is -0.640. The van der Waals surface area contributed by atoms with Crippen molar-refractivity contribution < 1.29 is 14.1 Å². The first-order chi connectivity index (χ1) is 10.0. The summed E-state index contributed by atoms with van der Waals surface area (Å²) >= 11 is 4.06. The minimum absolute atomic E-state index is 0.00483. The molecule has 7 nitrogen and oxygen atoms in total. The van der Waals surface area contributed by atoms with Crippen LogP contribution in [0.4, 0.5) is 15.1 Å². The maximum absolute atomic E-state index is 13.5. The van der Waals surface area contributed by atoms with Gasteiger partial charge in [0.05, 0.1) is 9.40 Å². The summed E-state index contributed by atoms with van der Waals surface area (Å²) < 4.78 is 22.6. The molecule has 0 amide bonds. The smallest absolute Gasteiger partial charge is 0.312 e.